The van der Waals surface area contributed by atoms with E-state index in [0.29, 0.717) is 18.1 Å². The summed E-state index contributed by atoms with van der Waals surface area (Å²) < 4.78 is 5.19. The Morgan fingerprint density at radius 3 is 2.57 bits per heavy atom. The van der Waals surface area contributed by atoms with Crippen LogP contribution in [0.5, 0.6) is 0 Å². The van der Waals surface area contributed by atoms with E-state index in [1.807, 2.05) is 13.8 Å². The van der Waals surface area contributed by atoms with Crippen LogP contribution in [0.25, 0.3) is 0 Å². The molecule has 14 heavy (non-hydrogen) atoms. The average Bonchev–Trinajstić information content (AvgIpc) is 2.19. The number of aliphatic imine (C=N–C) groups is 1. The van der Waals surface area contributed by atoms with Crippen molar-refractivity contribution in [2.24, 2.45) is 4.99 Å². The number of hydrogen-bond donors (Lipinski definition) is 0. The number of nitriles is 1. The third-order valence-corrected chi connectivity index (χ3v) is 1.64. The molecule has 0 spiro atoms. The number of ether oxygens (including phenoxy) is 1. The summed E-state index contributed by atoms with van der Waals surface area (Å²) in [6, 6.07) is 9.11. The van der Waals surface area contributed by atoms with Gasteiger partial charge >= 0.3 is 0 Å². The van der Waals surface area contributed by atoms with Gasteiger partial charge in [0.1, 0.15) is 0 Å². The normalized spacial score (nSPS) is 10.8. The molecule has 0 saturated heterocycles. The molecule has 0 unspecified atom stereocenters. The molecule has 0 saturated carbocycles. The van der Waals surface area contributed by atoms with E-state index in [4.69, 9.17) is 10.00 Å². The highest BCUT2D eigenvalue weighted by atomic mass is 16.5. The van der Waals surface area contributed by atoms with Gasteiger partial charge in [-0.1, -0.05) is 0 Å². The molecule has 1 aromatic rings. The summed E-state index contributed by atoms with van der Waals surface area (Å²) in [5.74, 6) is 0.636. The molecule has 0 atom stereocenters. The van der Waals surface area contributed by atoms with E-state index in [9.17, 15) is 0 Å². The third kappa shape index (κ3) is 2.91. The van der Waals surface area contributed by atoms with Crippen LogP contribution in [-0.2, 0) is 4.74 Å². The lowest BCUT2D eigenvalue weighted by Crippen LogP contribution is -1.97. The van der Waals surface area contributed by atoms with Crippen LogP contribution < -0.4 is 0 Å². The largest absolute Gasteiger partial charge is 0.481 e. The van der Waals surface area contributed by atoms with Crippen molar-refractivity contribution in [3.8, 4) is 6.07 Å². The Balaban J connectivity index is 2.78. The Hall–Kier alpha value is -1.82. The van der Waals surface area contributed by atoms with Crippen molar-refractivity contribution < 1.29 is 4.74 Å². The quantitative estimate of drug-likeness (QED) is 0.529. The summed E-state index contributed by atoms with van der Waals surface area (Å²) in [5.41, 5.74) is 1.44. The molecule has 0 heterocycles. The van der Waals surface area contributed by atoms with Gasteiger partial charge in [0.15, 0.2) is 5.90 Å². The molecular weight excluding hydrogens is 176 g/mol. The van der Waals surface area contributed by atoms with Crippen LogP contribution in [0.4, 0.5) is 5.69 Å². The lowest BCUT2D eigenvalue weighted by atomic mass is 10.2. The fourth-order valence-corrected chi connectivity index (χ4v) is 1.03. The van der Waals surface area contributed by atoms with Crippen molar-refractivity contribution in [2.45, 2.75) is 13.8 Å². The van der Waals surface area contributed by atoms with Gasteiger partial charge in [0.05, 0.1) is 23.9 Å². The van der Waals surface area contributed by atoms with Crippen LogP contribution in [0, 0.1) is 11.3 Å². The Morgan fingerprint density at radius 1 is 1.43 bits per heavy atom. The van der Waals surface area contributed by atoms with Crippen LogP contribution >= 0.6 is 0 Å². The molecule has 3 nitrogen and oxygen atoms in total. The van der Waals surface area contributed by atoms with E-state index >= 15 is 0 Å². The van der Waals surface area contributed by atoms with Gasteiger partial charge in [-0.3, -0.25) is 0 Å². The maximum Gasteiger partial charge on any atom is 0.185 e. The summed E-state index contributed by atoms with van der Waals surface area (Å²) in [6.45, 7) is 4.34. The SMILES string of the molecule is CCOC(C)=Nc1ccc(C#N)cc1. The first-order valence-corrected chi connectivity index (χ1v) is 4.44. The average molecular weight is 188 g/mol. The highest BCUT2D eigenvalue weighted by molar-refractivity contribution is 5.76. The molecule has 0 aliphatic heterocycles. The molecule has 0 aromatic heterocycles. The Bertz CT molecular complexity index is 360. The third-order valence-electron chi connectivity index (χ3n) is 1.64. The van der Waals surface area contributed by atoms with Gasteiger partial charge in [-0.25, -0.2) is 4.99 Å². The Labute approximate surface area is 83.7 Å². The fraction of sp³-hybridized carbons (Fsp3) is 0.273. The zero-order valence-electron chi connectivity index (χ0n) is 8.32. The van der Waals surface area contributed by atoms with Crippen LogP contribution in [0.1, 0.15) is 19.4 Å². The Kier molecular flexibility index (Phi) is 3.69. The van der Waals surface area contributed by atoms with Crippen molar-refractivity contribution >= 4 is 11.6 Å². The lowest BCUT2D eigenvalue weighted by molar-refractivity contribution is 0.325. The van der Waals surface area contributed by atoms with Gasteiger partial charge in [-0.2, -0.15) is 5.26 Å². The number of hydrogen-bond acceptors (Lipinski definition) is 3. The fourth-order valence-electron chi connectivity index (χ4n) is 1.03. The molecular formula is C11H12N2O. The number of rotatable bonds is 2. The van der Waals surface area contributed by atoms with Crippen molar-refractivity contribution in [3.63, 3.8) is 0 Å². The summed E-state index contributed by atoms with van der Waals surface area (Å²) in [5, 5.41) is 8.58. The number of nitrogens with zero attached hydrogens (tertiary/aromatic N) is 2. The van der Waals surface area contributed by atoms with Crippen LogP contribution in [0.15, 0.2) is 29.3 Å². The second-order valence-corrected chi connectivity index (χ2v) is 2.72. The van der Waals surface area contributed by atoms with Crippen molar-refractivity contribution in [2.75, 3.05) is 6.61 Å². The highest BCUT2D eigenvalue weighted by Crippen LogP contribution is 2.12. The molecule has 1 rings (SSSR count). The summed E-state index contributed by atoms with van der Waals surface area (Å²) in [4.78, 5) is 4.21. The summed E-state index contributed by atoms with van der Waals surface area (Å²) in [6.07, 6.45) is 0. The van der Waals surface area contributed by atoms with E-state index in [-0.39, 0.29) is 0 Å². The summed E-state index contributed by atoms with van der Waals surface area (Å²) >= 11 is 0. The number of benzene rings is 1. The maximum atomic E-state index is 8.58. The molecule has 0 amide bonds. The Morgan fingerprint density at radius 2 is 2.07 bits per heavy atom. The molecule has 0 N–H and O–H groups in total. The molecule has 0 fully saturated rings. The molecule has 0 bridgehead atoms. The minimum Gasteiger partial charge on any atom is -0.481 e. The maximum absolute atomic E-state index is 8.58. The van der Waals surface area contributed by atoms with E-state index in [1.165, 1.54) is 0 Å². The zero-order chi connectivity index (χ0) is 10.4. The van der Waals surface area contributed by atoms with E-state index in [2.05, 4.69) is 11.1 Å². The molecule has 0 aliphatic rings. The van der Waals surface area contributed by atoms with Crippen LogP contribution in [-0.4, -0.2) is 12.5 Å². The molecule has 0 aliphatic carbocycles. The summed E-state index contributed by atoms with van der Waals surface area (Å²) in [7, 11) is 0. The van der Waals surface area contributed by atoms with E-state index < -0.39 is 0 Å². The monoisotopic (exact) mass is 188 g/mol. The second kappa shape index (κ2) is 5.03. The van der Waals surface area contributed by atoms with Crippen molar-refractivity contribution in [3.05, 3.63) is 29.8 Å². The molecule has 0 radical (unpaired) electrons. The van der Waals surface area contributed by atoms with Gasteiger partial charge < -0.3 is 4.74 Å². The molecule has 1 aromatic carbocycles. The van der Waals surface area contributed by atoms with Gasteiger partial charge in [-0.15, -0.1) is 0 Å². The molecule has 3 heteroatoms. The predicted molar refractivity (Wildman–Crippen MR) is 55.6 cm³/mol. The smallest absolute Gasteiger partial charge is 0.185 e. The van der Waals surface area contributed by atoms with E-state index in [0.717, 1.165) is 5.69 Å². The van der Waals surface area contributed by atoms with Gasteiger partial charge in [-0.05, 0) is 31.2 Å². The van der Waals surface area contributed by atoms with Crippen molar-refractivity contribution in [1.82, 2.24) is 0 Å². The lowest BCUT2D eigenvalue weighted by Gasteiger charge is -2.00. The van der Waals surface area contributed by atoms with Gasteiger partial charge in [0.25, 0.3) is 0 Å². The first-order chi connectivity index (χ1) is 6.76. The van der Waals surface area contributed by atoms with Crippen LogP contribution in [0.2, 0.25) is 0 Å². The van der Waals surface area contributed by atoms with Gasteiger partial charge in [0.2, 0.25) is 0 Å². The first kappa shape index (κ1) is 10.3. The minimum atomic E-state index is 0.617. The second-order valence-electron chi connectivity index (χ2n) is 2.72. The van der Waals surface area contributed by atoms with Crippen LogP contribution in [0.3, 0.4) is 0 Å². The molecule has 72 valence electrons. The van der Waals surface area contributed by atoms with Gasteiger partial charge in [0, 0.05) is 6.92 Å². The topological polar surface area (TPSA) is 45.4 Å². The van der Waals surface area contributed by atoms with E-state index in [1.54, 1.807) is 24.3 Å². The first-order valence-electron chi connectivity index (χ1n) is 4.44. The zero-order valence-corrected chi connectivity index (χ0v) is 8.32. The van der Waals surface area contributed by atoms with Crippen molar-refractivity contribution in [1.29, 1.82) is 5.26 Å². The predicted octanol–water partition coefficient (Wildman–Crippen LogP) is 2.64. The minimum absolute atomic E-state index is 0.617. The standard InChI is InChI=1S/C11H12N2O/c1-3-14-9(2)13-11-6-4-10(8-12)5-7-11/h4-7H,3H2,1-2H3. The highest BCUT2D eigenvalue weighted by Gasteiger charge is 1.93.